The monoisotopic (exact) mass is 435 g/mol. The van der Waals surface area contributed by atoms with Crippen LogP contribution in [0.1, 0.15) is 28.4 Å². The Bertz CT molecular complexity index is 1310. The predicted molar refractivity (Wildman–Crippen MR) is 117 cm³/mol. The van der Waals surface area contributed by atoms with E-state index in [0.29, 0.717) is 39.6 Å². The number of Topliss-reactive ketones (excluding diaryl/α,β-unsaturated/α-hetero) is 1. The van der Waals surface area contributed by atoms with Gasteiger partial charge in [-0.25, -0.2) is 9.78 Å². The molecule has 8 heteroatoms. The number of ketones is 1. The normalized spacial score (nSPS) is 10.9. The van der Waals surface area contributed by atoms with Gasteiger partial charge in [-0.05, 0) is 43.2 Å². The standard InChI is InChI=1S/C23H18ClN3O4/c1-12-3-8-16(10-17(12)22(29)30)31-23-25-19-11-18(24)20(26-21(19)27-23)15-6-4-14(5-7-15)9-13(2)28/h3-8,10-11H,9H2,1-2H3,(H,29,30)(H,25,26,27). The molecule has 0 unspecified atom stereocenters. The van der Waals surface area contributed by atoms with Crippen molar-refractivity contribution < 1.29 is 19.4 Å². The van der Waals surface area contributed by atoms with Gasteiger partial charge in [0.15, 0.2) is 5.65 Å². The van der Waals surface area contributed by atoms with E-state index in [1.54, 1.807) is 32.0 Å². The number of ether oxygens (including phenoxy) is 1. The molecule has 7 nitrogen and oxygen atoms in total. The fourth-order valence-corrected chi connectivity index (χ4v) is 3.48. The van der Waals surface area contributed by atoms with Crippen molar-refractivity contribution in [3.05, 3.63) is 70.2 Å². The number of carboxylic acids is 1. The molecular weight excluding hydrogens is 418 g/mol. The van der Waals surface area contributed by atoms with Crippen molar-refractivity contribution in [1.82, 2.24) is 15.0 Å². The van der Waals surface area contributed by atoms with E-state index in [9.17, 15) is 14.7 Å². The van der Waals surface area contributed by atoms with Crippen LogP contribution in [0.5, 0.6) is 11.8 Å². The Balaban J connectivity index is 1.64. The highest BCUT2D eigenvalue weighted by Gasteiger charge is 2.14. The van der Waals surface area contributed by atoms with Gasteiger partial charge >= 0.3 is 12.0 Å². The molecule has 0 aliphatic carbocycles. The molecule has 2 N–H and O–H groups in total. The molecule has 0 aliphatic rings. The Hall–Kier alpha value is -3.71. The van der Waals surface area contributed by atoms with E-state index < -0.39 is 5.97 Å². The third kappa shape index (κ3) is 4.41. The van der Waals surface area contributed by atoms with Crippen LogP contribution in [0.4, 0.5) is 0 Å². The number of hydrogen-bond acceptors (Lipinski definition) is 5. The van der Waals surface area contributed by atoms with Crippen molar-refractivity contribution in [2.45, 2.75) is 20.3 Å². The first-order valence-corrected chi connectivity index (χ1v) is 9.85. The van der Waals surface area contributed by atoms with Crippen LogP contribution in [0.2, 0.25) is 5.02 Å². The average Bonchev–Trinajstić information content (AvgIpc) is 3.10. The van der Waals surface area contributed by atoms with E-state index in [-0.39, 0.29) is 17.4 Å². The number of carboxylic acid groups (broad SMARTS) is 1. The maximum Gasteiger partial charge on any atom is 0.336 e. The molecule has 0 bridgehead atoms. The first kappa shape index (κ1) is 20.6. The maximum atomic E-state index is 11.3. The van der Waals surface area contributed by atoms with Crippen LogP contribution in [0.25, 0.3) is 22.4 Å². The molecule has 0 saturated carbocycles. The minimum absolute atomic E-state index is 0.0958. The average molecular weight is 436 g/mol. The maximum absolute atomic E-state index is 11.3. The van der Waals surface area contributed by atoms with Gasteiger partial charge in [0, 0.05) is 12.0 Å². The van der Waals surface area contributed by atoms with Crippen molar-refractivity contribution >= 4 is 34.5 Å². The van der Waals surface area contributed by atoms with Crippen LogP contribution in [0.3, 0.4) is 0 Å². The fourth-order valence-electron chi connectivity index (χ4n) is 3.22. The quantitative estimate of drug-likeness (QED) is 0.430. The van der Waals surface area contributed by atoms with Gasteiger partial charge in [-0.2, -0.15) is 4.98 Å². The second-order valence-electron chi connectivity index (χ2n) is 7.19. The van der Waals surface area contributed by atoms with Crippen molar-refractivity contribution in [2.24, 2.45) is 0 Å². The van der Waals surface area contributed by atoms with E-state index in [0.717, 1.165) is 11.1 Å². The summed E-state index contributed by atoms with van der Waals surface area (Å²) in [5.41, 5.74) is 4.07. The van der Waals surface area contributed by atoms with Crippen LogP contribution in [0.15, 0.2) is 48.5 Å². The summed E-state index contributed by atoms with van der Waals surface area (Å²) in [4.78, 5) is 34.5. The largest absolute Gasteiger partial charge is 0.478 e. The number of pyridine rings is 1. The zero-order valence-electron chi connectivity index (χ0n) is 16.8. The number of aryl methyl sites for hydroxylation is 1. The van der Waals surface area contributed by atoms with Crippen LogP contribution < -0.4 is 4.74 Å². The van der Waals surface area contributed by atoms with Crippen LogP contribution in [-0.4, -0.2) is 31.8 Å². The molecular formula is C23H18ClN3O4. The molecule has 0 fully saturated rings. The molecule has 0 spiro atoms. The molecule has 2 aromatic carbocycles. The fraction of sp³-hybridized carbons (Fsp3) is 0.130. The number of imidazole rings is 1. The van der Waals surface area contributed by atoms with E-state index >= 15 is 0 Å². The lowest BCUT2D eigenvalue weighted by molar-refractivity contribution is -0.116. The van der Waals surface area contributed by atoms with Gasteiger partial charge in [0.05, 0.1) is 21.8 Å². The summed E-state index contributed by atoms with van der Waals surface area (Å²) < 4.78 is 5.70. The minimum atomic E-state index is -1.03. The van der Waals surface area contributed by atoms with Crippen molar-refractivity contribution in [2.75, 3.05) is 0 Å². The zero-order valence-corrected chi connectivity index (χ0v) is 17.5. The second-order valence-corrected chi connectivity index (χ2v) is 7.60. The Morgan fingerprint density at radius 3 is 2.52 bits per heavy atom. The van der Waals surface area contributed by atoms with Crippen LogP contribution in [-0.2, 0) is 11.2 Å². The summed E-state index contributed by atoms with van der Waals surface area (Å²) in [7, 11) is 0. The number of hydrogen-bond donors (Lipinski definition) is 2. The summed E-state index contributed by atoms with van der Waals surface area (Å²) >= 11 is 6.43. The molecule has 4 aromatic rings. The van der Waals surface area contributed by atoms with Crippen LogP contribution >= 0.6 is 11.6 Å². The molecule has 0 atom stereocenters. The topological polar surface area (TPSA) is 105 Å². The van der Waals surface area contributed by atoms with Gasteiger partial charge in [-0.1, -0.05) is 41.9 Å². The molecule has 4 rings (SSSR count). The van der Waals surface area contributed by atoms with Crippen molar-refractivity contribution in [1.29, 1.82) is 0 Å². The molecule has 0 aliphatic heterocycles. The SMILES string of the molecule is CC(=O)Cc1ccc(-c2nc3nc(Oc4ccc(C)c(C(=O)O)c4)[nH]c3cc2Cl)cc1. The number of carbonyl (C=O) groups is 2. The molecule has 0 saturated heterocycles. The number of nitrogens with zero attached hydrogens (tertiary/aromatic N) is 2. The number of H-pyrrole nitrogens is 1. The zero-order chi connectivity index (χ0) is 22.1. The molecule has 31 heavy (non-hydrogen) atoms. The van der Waals surface area contributed by atoms with E-state index in [4.69, 9.17) is 16.3 Å². The first-order chi connectivity index (χ1) is 14.8. The number of benzene rings is 2. The number of rotatable bonds is 6. The minimum Gasteiger partial charge on any atom is -0.478 e. The molecule has 2 heterocycles. The molecule has 0 radical (unpaired) electrons. The van der Waals surface area contributed by atoms with E-state index in [1.165, 1.54) is 6.07 Å². The van der Waals surface area contributed by atoms with Gasteiger partial charge in [0.25, 0.3) is 0 Å². The molecule has 2 aromatic heterocycles. The summed E-state index contributed by atoms with van der Waals surface area (Å²) in [6.07, 6.45) is 0.378. The van der Waals surface area contributed by atoms with Gasteiger partial charge < -0.3 is 14.8 Å². The lowest BCUT2D eigenvalue weighted by Crippen LogP contribution is -2.00. The summed E-state index contributed by atoms with van der Waals surface area (Å²) in [5.74, 6) is -0.590. The first-order valence-electron chi connectivity index (χ1n) is 9.47. The van der Waals surface area contributed by atoms with Crippen molar-refractivity contribution in [3.8, 4) is 23.0 Å². The number of aromatic nitrogens is 3. The smallest absolute Gasteiger partial charge is 0.336 e. The molecule has 0 amide bonds. The van der Waals surface area contributed by atoms with Gasteiger partial charge in [0.2, 0.25) is 0 Å². The number of fused-ring (bicyclic) bond motifs is 1. The van der Waals surface area contributed by atoms with E-state index in [1.807, 2.05) is 24.3 Å². The highest BCUT2D eigenvalue weighted by atomic mass is 35.5. The molecule has 156 valence electrons. The van der Waals surface area contributed by atoms with Gasteiger partial charge in [-0.3, -0.25) is 4.79 Å². The van der Waals surface area contributed by atoms with Crippen molar-refractivity contribution in [3.63, 3.8) is 0 Å². The summed E-state index contributed by atoms with van der Waals surface area (Å²) in [6, 6.07) is 14.1. The number of halogens is 1. The number of aromatic carboxylic acids is 1. The highest BCUT2D eigenvalue weighted by molar-refractivity contribution is 6.33. The summed E-state index contributed by atoms with van der Waals surface area (Å²) in [5, 5.41) is 9.72. The van der Waals surface area contributed by atoms with Gasteiger partial charge in [-0.15, -0.1) is 0 Å². The lowest BCUT2D eigenvalue weighted by atomic mass is 10.1. The Morgan fingerprint density at radius 1 is 1.10 bits per heavy atom. The Labute approximate surface area is 182 Å². The highest BCUT2D eigenvalue weighted by Crippen LogP contribution is 2.31. The summed E-state index contributed by atoms with van der Waals surface area (Å²) in [6.45, 7) is 3.27. The third-order valence-corrected chi connectivity index (χ3v) is 5.03. The number of nitrogens with one attached hydrogen (secondary N) is 1. The number of carbonyl (C=O) groups excluding carboxylic acids is 1. The van der Waals surface area contributed by atoms with Gasteiger partial charge in [0.1, 0.15) is 11.5 Å². The third-order valence-electron chi connectivity index (χ3n) is 4.74. The lowest BCUT2D eigenvalue weighted by Gasteiger charge is -2.05. The Kier molecular flexibility index (Phi) is 5.44. The van der Waals surface area contributed by atoms with Crippen LogP contribution in [0, 0.1) is 6.92 Å². The predicted octanol–water partition coefficient (Wildman–Crippen LogP) is 5.21. The number of aromatic amines is 1. The Morgan fingerprint density at radius 2 is 1.84 bits per heavy atom. The van der Waals surface area contributed by atoms with E-state index in [2.05, 4.69) is 15.0 Å². The second kappa shape index (κ2) is 8.20.